The number of fused-ring (bicyclic) bond motifs is 7. The van der Waals surface area contributed by atoms with E-state index in [9.17, 15) is 0 Å². The number of para-hydroxylation sites is 1. The molecule has 0 bridgehead atoms. The summed E-state index contributed by atoms with van der Waals surface area (Å²) in [5.74, 6) is 0. The third-order valence-electron chi connectivity index (χ3n) is 8.67. The summed E-state index contributed by atoms with van der Waals surface area (Å²) in [5, 5.41) is 5.42. The molecule has 0 spiro atoms. The lowest BCUT2D eigenvalue weighted by Gasteiger charge is -2.50. The van der Waals surface area contributed by atoms with Gasteiger partial charge in [-0.3, -0.25) is 15.0 Å². The van der Waals surface area contributed by atoms with Gasteiger partial charge in [0.15, 0.2) is 0 Å². The fourth-order valence-electron chi connectivity index (χ4n) is 5.54. The normalized spacial score (nSPS) is 13.9. The molecule has 6 rings (SSSR count). The zero-order valence-electron chi connectivity index (χ0n) is 24.6. The SMILES string of the molecule is [B]C([B])(c1cc(-c2cccc3c2oc2c3ccc3ccc4ccccc4c32)ncc1C([B])([B])S(C)(C)C)C(C)(C)C. The number of furan rings is 1. The Hall–Kier alpha value is -3.04. The lowest BCUT2D eigenvalue weighted by atomic mass is 9.39. The molecule has 4 aromatic carbocycles. The first-order valence-corrected chi connectivity index (χ1v) is 16.6. The first-order chi connectivity index (χ1) is 19.1. The molecule has 0 N–H and O–H groups in total. The van der Waals surface area contributed by atoms with Crippen molar-refractivity contribution in [3.05, 3.63) is 90.1 Å². The van der Waals surface area contributed by atoms with Gasteiger partial charge in [-0.05, 0) is 68.6 Å². The Balaban J connectivity index is 1.66. The Morgan fingerprint density at radius 2 is 1.32 bits per heavy atom. The van der Waals surface area contributed by atoms with Crippen molar-refractivity contribution in [2.45, 2.75) is 30.5 Å². The highest BCUT2D eigenvalue weighted by Crippen LogP contribution is 2.55. The molecule has 0 amide bonds. The Morgan fingerprint density at radius 1 is 0.683 bits per heavy atom. The summed E-state index contributed by atoms with van der Waals surface area (Å²) >= 11 is 0. The summed E-state index contributed by atoms with van der Waals surface area (Å²) in [5.41, 5.74) is 4.04. The summed E-state index contributed by atoms with van der Waals surface area (Å²) in [6, 6.07) is 25.1. The molecule has 6 aromatic rings. The molecule has 0 fully saturated rings. The van der Waals surface area contributed by atoms with Crippen LogP contribution >= 0.6 is 10.0 Å². The zero-order chi connectivity index (χ0) is 29.5. The van der Waals surface area contributed by atoms with E-state index in [1.807, 2.05) is 39.0 Å². The van der Waals surface area contributed by atoms with Crippen LogP contribution in [0.15, 0.2) is 83.4 Å². The van der Waals surface area contributed by atoms with Gasteiger partial charge in [0.1, 0.15) is 11.2 Å². The molecule has 0 aliphatic carbocycles. The van der Waals surface area contributed by atoms with E-state index in [1.165, 1.54) is 5.39 Å². The predicted molar refractivity (Wildman–Crippen MR) is 183 cm³/mol. The topological polar surface area (TPSA) is 26.0 Å². The summed E-state index contributed by atoms with van der Waals surface area (Å²) < 4.78 is 5.61. The van der Waals surface area contributed by atoms with Gasteiger partial charge in [0, 0.05) is 27.9 Å². The first-order valence-electron chi connectivity index (χ1n) is 13.7. The molecule has 0 aliphatic rings. The van der Waals surface area contributed by atoms with Gasteiger partial charge in [-0.15, -0.1) is 0 Å². The Kier molecular flexibility index (Phi) is 6.32. The maximum Gasteiger partial charge on any atom is 0.144 e. The van der Waals surface area contributed by atoms with E-state index in [0.717, 1.165) is 43.7 Å². The molecule has 0 aliphatic heterocycles. The van der Waals surface area contributed by atoms with Gasteiger partial charge in [0.05, 0.1) is 37.1 Å². The molecule has 8 radical (unpaired) electrons. The lowest BCUT2D eigenvalue weighted by molar-refractivity contribution is 0.357. The molecule has 7 heteroatoms. The number of hydrogen-bond acceptors (Lipinski definition) is 2. The zero-order valence-corrected chi connectivity index (χ0v) is 25.4. The molecule has 41 heavy (non-hydrogen) atoms. The number of nitrogens with zero attached hydrogens (tertiary/aromatic N) is 1. The molecule has 196 valence electrons. The monoisotopic (exact) mass is 545 g/mol. The van der Waals surface area contributed by atoms with Gasteiger partial charge in [-0.25, -0.2) is 0 Å². The van der Waals surface area contributed by atoms with Crippen LogP contribution in [0.4, 0.5) is 0 Å². The second kappa shape index (κ2) is 9.23. The highest BCUT2D eigenvalue weighted by atomic mass is 32.3. The van der Waals surface area contributed by atoms with Crippen LogP contribution in [0, 0.1) is 5.41 Å². The van der Waals surface area contributed by atoms with E-state index in [4.69, 9.17) is 40.8 Å². The van der Waals surface area contributed by atoms with E-state index in [-0.39, 0.29) is 0 Å². The number of benzene rings is 4. The molecule has 2 nitrogen and oxygen atoms in total. The van der Waals surface area contributed by atoms with Crippen molar-refractivity contribution in [3.8, 4) is 11.3 Å². The molecule has 0 atom stereocenters. The van der Waals surface area contributed by atoms with Crippen LogP contribution < -0.4 is 0 Å². The van der Waals surface area contributed by atoms with E-state index in [1.54, 1.807) is 6.20 Å². The first kappa shape index (κ1) is 28.1. The van der Waals surface area contributed by atoms with Crippen molar-refractivity contribution >= 4 is 84.9 Å². The predicted octanol–water partition coefficient (Wildman–Crippen LogP) is 7.63. The highest BCUT2D eigenvalue weighted by molar-refractivity contribution is 8.34. The van der Waals surface area contributed by atoms with E-state index >= 15 is 0 Å². The molecule has 0 unspecified atom stereocenters. The van der Waals surface area contributed by atoms with Gasteiger partial charge in [0.2, 0.25) is 0 Å². The van der Waals surface area contributed by atoms with Gasteiger partial charge in [-0.1, -0.05) is 86.1 Å². The number of rotatable bonds is 4. The van der Waals surface area contributed by atoms with Gasteiger partial charge < -0.3 is 4.42 Å². The maximum atomic E-state index is 6.92. The number of aromatic nitrogens is 1. The van der Waals surface area contributed by atoms with Crippen molar-refractivity contribution < 1.29 is 4.42 Å². The Bertz CT molecular complexity index is 1980. The average Bonchev–Trinajstić information content (AvgIpc) is 3.30. The van der Waals surface area contributed by atoms with Crippen molar-refractivity contribution in [2.24, 2.45) is 5.41 Å². The van der Waals surface area contributed by atoms with E-state index in [0.29, 0.717) is 16.8 Å². The molecular weight excluding hydrogens is 514 g/mol. The second-order valence-corrected chi connectivity index (χ2v) is 17.3. The molecule has 0 saturated heterocycles. The van der Waals surface area contributed by atoms with E-state index in [2.05, 4.69) is 73.4 Å². The number of pyridine rings is 1. The van der Waals surface area contributed by atoms with Crippen LogP contribution in [0.2, 0.25) is 0 Å². The van der Waals surface area contributed by atoms with Crippen LogP contribution in [0.25, 0.3) is 54.7 Å². The lowest BCUT2D eigenvalue weighted by Crippen LogP contribution is -2.45. The second-order valence-electron chi connectivity index (χ2n) is 13.0. The fourth-order valence-corrected chi connectivity index (χ4v) is 6.36. The largest absolute Gasteiger partial charge is 0.455 e. The quantitative estimate of drug-likeness (QED) is 0.168. The number of hydrogen-bond donors (Lipinski definition) is 0. The summed E-state index contributed by atoms with van der Waals surface area (Å²) in [6.07, 6.45) is 8.01. The van der Waals surface area contributed by atoms with Crippen molar-refractivity contribution in [2.75, 3.05) is 18.8 Å². The van der Waals surface area contributed by atoms with Gasteiger partial charge in [0.25, 0.3) is 0 Å². The Labute approximate surface area is 249 Å². The summed E-state index contributed by atoms with van der Waals surface area (Å²) in [7, 11) is 26.0. The summed E-state index contributed by atoms with van der Waals surface area (Å²) in [6.45, 7) is 6.06. The maximum absolute atomic E-state index is 6.92. The summed E-state index contributed by atoms with van der Waals surface area (Å²) in [4.78, 5) is 4.90. The van der Waals surface area contributed by atoms with E-state index < -0.39 is 25.2 Å². The van der Waals surface area contributed by atoms with Crippen LogP contribution in [-0.2, 0) is 9.76 Å². The molecular formula is C34H31B4NOS. The van der Waals surface area contributed by atoms with Gasteiger partial charge >= 0.3 is 0 Å². The van der Waals surface area contributed by atoms with Crippen molar-refractivity contribution in [1.29, 1.82) is 0 Å². The highest BCUT2D eigenvalue weighted by Gasteiger charge is 2.40. The minimum atomic E-state index is -1.47. The molecule has 2 aromatic heterocycles. The Morgan fingerprint density at radius 3 is 2.02 bits per heavy atom. The molecule has 0 saturated carbocycles. The minimum Gasteiger partial charge on any atom is -0.455 e. The van der Waals surface area contributed by atoms with Crippen LogP contribution in [0.1, 0.15) is 31.9 Å². The third kappa shape index (κ3) is 4.26. The average molecular weight is 545 g/mol. The smallest absolute Gasteiger partial charge is 0.144 e. The third-order valence-corrected chi connectivity index (χ3v) is 10.9. The van der Waals surface area contributed by atoms with Crippen molar-refractivity contribution in [1.82, 2.24) is 4.98 Å². The van der Waals surface area contributed by atoms with Crippen LogP contribution in [-0.4, -0.2) is 55.1 Å². The fraction of sp³-hybridized carbons (Fsp3) is 0.265. The van der Waals surface area contributed by atoms with Gasteiger partial charge in [-0.2, -0.15) is 0 Å². The van der Waals surface area contributed by atoms with Crippen LogP contribution in [0.5, 0.6) is 0 Å². The standard InChI is InChI=1S/C34H31B4NOS/c1-32(2,3)33(35,36)26-18-28(39-19-27(26)34(37,38)41(4,5)6)25-13-9-12-23-24-17-16-21-15-14-20-10-7-8-11-22(20)29(21)31(24)40-30(23)25/h7-19H,1-6H3. The van der Waals surface area contributed by atoms with Crippen molar-refractivity contribution in [3.63, 3.8) is 0 Å². The van der Waals surface area contributed by atoms with Crippen LogP contribution in [0.3, 0.4) is 0 Å². The minimum absolute atomic E-state index is 0.491. The molecule has 2 heterocycles.